The van der Waals surface area contributed by atoms with E-state index in [-0.39, 0.29) is 11.9 Å². The zero-order valence-corrected chi connectivity index (χ0v) is 8.80. The van der Waals surface area contributed by atoms with E-state index >= 15 is 0 Å². The van der Waals surface area contributed by atoms with E-state index in [0.717, 1.165) is 18.7 Å². The average Bonchev–Trinajstić information content (AvgIpc) is 2.15. The SMILES string of the molecule is CC(C)=CC(=O)NCC1COCCN1. The zero-order valence-electron chi connectivity index (χ0n) is 8.80. The molecule has 0 aromatic heterocycles. The third-order valence-corrected chi connectivity index (χ3v) is 1.94. The number of morpholine rings is 1. The molecule has 0 aromatic rings. The van der Waals surface area contributed by atoms with E-state index < -0.39 is 0 Å². The Kier molecular flexibility index (Phi) is 4.62. The second-order valence-corrected chi connectivity index (χ2v) is 3.69. The van der Waals surface area contributed by atoms with Crippen molar-refractivity contribution < 1.29 is 9.53 Å². The van der Waals surface area contributed by atoms with Crippen molar-refractivity contribution in [2.75, 3.05) is 26.3 Å². The summed E-state index contributed by atoms with van der Waals surface area (Å²) >= 11 is 0. The van der Waals surface area contributed by atoms with Crippen molar-refractivity contribution in [3.8, 4) is 0 Å². The van der Waals surface area contributed by atoms with Gasteiger partial charge in [0.25, 0.3) is 0 Å². The van der Waals surface area contributed by atoms with Crippen LogP contribution < -0.4 is 10.6 Å². The Morgan fingerprint density at radius 1 is 1.64 bits per heavy atom. The van der Waals surface area contributed by atoms with Crippen LogP contribution in [0.5, 0.6) is 0 Å². The van der Waals surface area contributed by atoms with Crippen molar-refractivity contribution in [2.24, 2.45) is 0 Å². The number of allylic oxidation sites excluding steroid dienone is 1. The minimum Gasteiger partial charge on any atom is -0.378 e. The fourth-order valence-electron chi connectivity index (χ4n) is 1.29. The maximum absolute atomic E-state index is 11.2. The molecule has 0 spiro atoms. The molecular formula is C10H18N2O2. The third kappa shape index (κ3) is 4.39. The lowest BCUT2D eigenvalue weighted by molar-refractivity contribution is -0.116. The molecule has 80 valence electrons. The standard InChI is InChI=1S/C10H18N2O2/c1-8(2)5-10(13)12-6-9-7-14-4-3-11-9/h5,9,11H,3-4,6-7H2,1-2H3,(H,12,13). The fraction of sp³-hybridized carbons (Fsp3) is 0.700. The molecule has 4 nitrogen and oxygen atoms in total. The van der Waals surface area contributed by atoms with E-state index in [1.165, 1.54) is 0 Å². The van der Waals surface area contributed by atoms with Crippen LogP contribution in [0.3, 0.4) is 0 Å². The quantitative estimate of drug-likeness (QED) is 0.630. The molecule has 0 aliphatic carbocycles. The van der Waals surface area contributed by atoms with E-state index in [9.17, 15) is 4.79 Å². The molecular weight excluding hydrogens is 180 g/mol. The van der Waals surface area contributed by atoms with Crippen LogP contribution in [-0.4, -0.2) is 38.3 Å². The molecule has 1 atom stereocenters. The van der Waals surface area contributed by atoms with Crippen LogP contribution in [-0.2, 0) is 9.53 Å². The molecule has 1 aliphatic rings. The monoisotopic (exact) mass is 198 g/mol. The Morgan fingerprint density at radius 2 is 2.43 bits per heavy atom. The molecule has 0 bridgehead atoms. The maximum Gasteiger partial charge on any atom is 0.243 e. The van der Waals surface area contributed by atoms with Crippen molar-refractivity contribution in [1.29, 1.82) is 0 Å². The number of hydrogen-bond donors (Lipinski definition) is 2. The van der Waals surface area contributed by atoms with E-state index in [4.69, 9.17) is 4.74 Å². The van der Waals surface area contributed by atoms with Crippen molar-refractivity contribution in [3.05, 3.63) is 11.6 Å². The number of nitrogens with one attached hydrogen (secondary N) is 2. The summed E-state index contributed by atoms with van der Waals surface area (Å²) in [6, 6.07) is 0.248. The minimum atomic E-state index is -0.0302. The van der Waals surface area contributed by atoms with E-state index in [1.54, 1.807) is 6.08 Å². The molecule has 0 radical (unpaired) electrons. The Balaban J connectivity index is 2.19. The Labute approximate surface area is 84.7 Å². The predicted molar refractivity (Wildman–Crippen MR) is 55.1 cm³/mol. The summed E-state index contributed by atoms with van der Waals surface area (Å²) < 4.78 is 5.27. The summed E-state index contributed by atoms with van der Waals surface area (Å²) in [6.07, 6.45) is 1.60. The van der Waals surface area contributed by atoms with Gasteiger partial charge in [-0.25, -0.2) is 0 Å². The highest BCUT2D eigenvalue weighted by atomic mass is 16.5. The van der Waals surface area contributed by atoms with Gasteiger partial charge in [-0.05, 0) is 13.8 Å². The highest BCUT2D eigenvalue weighted by Gasteiger charge is 2.12. The Bertz CT molecular complexity index is 216. The molecule has 0 aromatic carbocycles. The van der Waals surface area contributed by atoms with Gasteiger partial charge in [0.2, 0.25) is 5.91 Å². The first-order valence-corrected chi connectivity index (χ1v) is 4.92. The first kappa shape index (κ1) is 11.2. The Morgan fingerprint density at radius 3 is 3.00 bits per heavy atom. The predicted octanol–water partition coefficient (Wildman–Crippen LogP) is 0.0572. The number of carbonyl (C=O) groups is 1. The zero-order chi connectivity index (χ0) is 10.4. The van der Waals surface area contributed by atoms with Crippen LogP contribution in [0.1, 0.15) is 13.8 Å². The molecule has 1 heterocycles. The number of ether oxygens (including phenoxy) is 1. The Hall–Kier alpha value is -0.870. The van der Waals surface area contributed by atoms with Gasteiger partial charge in [0.15, 0.2) is 0 Å². The molecule has 1 fully saturated rings. The van der Waals surface area contributed by atoms with Gasteiger partial charge in [-0.1, -0.05) is 5.57 Å². The van der Waals surface area contributed by atoms with Crippen molar-refractivity contribution in [2.45, 2.75) is 19.9 Å². The fourth-order valence-corrected chi connectivity index (χ4v) is 1.29. The van der Waals surface area contributed by atoms with Gasteiger partial charge in [-0.3, -0.25) is 4.79 Å². The molecule has 14 heavy (non-hydrogen) atoms. The van der Waals surface area contributed by atoms with Crippen LogP contribution in [0, 0.1) is 0 Å². The van der Waals surface area contributed by atoms with E-state index in [0.29, 0.717) is 13.2 Å². The van der Waals surface area contributed by atoms with Crippen LogP contribution >= 0.6 is 0 Å². The van der Waals surface area contributed by atoms with Gasteiger partial charge < -0.3 is 15.4 Å². The van der Waals surface area contributed by atoms with Gasteiger partial charge in [-0.15, -0.1) is 0 Å². The largest absolute Gasteiger partial charge is 0.378 e. The highest BCUT2D eigenvalue weighted by Crippen LogP contribution is 1.92. The normalized spacial score (nSPS) is 21.4. The second-order valence-electron chi connectivity index (χ2n) is 3.69. The third-order valence-electron chi connectivity index (χ3n) is 1.94. The summed E-state index contributed by atoms with van der Waals surface area (Å²) in [5.41, 5.74) is 1.01. The van der Waals surface area contributed by atoms with Crippen LogP contribution in [0.25, 0.3) is 0 Å². The minimum absolute atomic E-state index is 0.0302. The smallest absolute Gasteiger partial charge is 0.243 e. The number of amides is 1. The summed E-state index contributed by atoms with van der Waals surface area (Å²) in [6.45, 7) is 6.74. The van der Waals surface area contributed by atoms with Crippen molar-refractivity contribution in [1.82, 2.24) is 10.6 Å². The van der Waals surface area contributed by atoms with Crippen molar-refractivity contribution >= 4 is 5.91 Å². The molecule has 0 saturated carbocycles. The van der Waals surface area contributed by atoms with Gasteiger partial charge in [-0.2, -0.15) is 0 Å². The first-order valence-electron chi connectivity index (χ1n) is 4.92. The summed E-state index contributed by atoms with van der Waals surface area (Å²) in [7, 11) is 0. The number of rotatable bonds is 3. The van der Waals surface area contributed by atoms with Gasteiger partial charge in [0.1, 0.15) is 0 Å². The molecule has 1 unspecified atom stereocenters. The topological polar surface area (TPSA) is 50.4 Å². The summed E-state index contributed by atoms with van der Waals surface area (Å²) in [4.78, 5) is 11.2. The van der Waals surface area contributed by atoms with Crippen LogP contribution in [0.2, 0.25) is 0 Å². The number of hydrogen-bond acceptors (Lipinski definition) is 3. The van der Waals surface area contributed by atoms with Crippen molar-refractivity contribution in [3.63, 3.8) is 0 Å². The average molecular weight is 198 g/mol. The highest BCUT2D eigenvalue weighted by molar-refractivity contribution is 5.88. The van der Waals surface area contributed by atoms with Gasteiger partial charge in [0, 0.05) is 25.2 Å². The second kappa shape index (κ2) is 5.78. The van der Waals surface area contributed by atoms with Crippen LogP contribution in [0.4, 0.5) is 0 Å². The molecule has 4 heteroatoms. The molecule has 1 rings (SSSR count). The van der Waals surface area contributed by atoms with E-state index in [2.05, 4.69) is 10.6 Å². The molecule has 2 N–H and O–H groups in total. The maximum atomic E-state index is 11.2. The summed E-state index contributed by atoms with van der Waals surface area (Å²) in [5.74, 6) is -0.0302. The van der Waals surface area contributed by atoms with Gasteiger partial charge in [0.05, 0.1) is 13.2 Å². The van der Waals surface area contributed by atoms with Gasteiger partial charge >= 0.3 is 0 Å². The first-order chi connectivity index (χ1) is 6.68. The lowest BCUT2D eigenvalue weighted by Crippen LogP contribution is -2.48. The lowest BCUT2D eigenvalue weighted by atomic mass is 10.2. The molecule has 1 amide bonds. The van der Waals surface area contributed by atoms with Crippen LogP contribution in [0.15, 0.2) is 11.6 Å². The van der Waals surface area contributed by atoms with E-state index in [1.807, 2.05) is 13.8 Å². The molecule has 1 aliphatic heterocycles. The lowest BCUT2D eigenvalue weighted by Gasteiger charge is -2.23. The summed E-state index contributed by atoms with van der Waals surface area (Å²) in [5, 5.41) is 6.09. The molecule has 1 saturated heterocycles. The number of carbonyl (C=O) groups excluding carboxylic acids is 1.